The van der Waals surface area contributed by atoms with Gasteiger partial charge in [0.1, 0.15) is 0 Å². The number of rotatable bonds is 5. The van der Waals surface area contributed by atoms with Gasteiger partial charge in [-0.3, -0.25) is 4.79 Å². The van der Waals surface area contributed by atoms with Gasteiger partial charge in [0.15, 0.2) is 0 Å². The van der Waals surface area contributed by atoms with Crippen molar-refractivity contribution in [3.63, 3.8) is 0 Å². The van der Waals surface area contributed by atoms with Crippen molar-refractivity contribution in [3.8, 4) is 0 Å². The number of anilines is 1. The number of nitrogens with two attached hydrogens (primary N) is 1. The first-order chi connectivity index (χ1) is 11.7. The lowest BCUT2D eigenvalue weighted by atomic mass is 10.0. The van der Waals surface area contributed by atoms with E-state index in [-0.39, 0.29) is 18.0 Å². The van der Waals surface area contributed by atoms with Crippen LogP contribution in [0.3, 0.4) is 0 Å². The van der Waals surface area contributed by atoms with Crippen LogP contribution in [0.25, 0.3) is 0 Å². The number of hydrogen-bond donors (Lipinski definition) is 2. The second-order valence-electron chi connectivity index (χ2n) is 6.39. The minimum absolute atomic E-state index is 0.0458. The SMILES string of the molecule is NC(CC(=O)NC1CCN(c2ccccc2)CC1)c1ccccc1. The van der Waals surface area contributed by atoms with Crippen molar-refractivity contribution < 1.29 is 4.79 Å². The number of hydrogen-bond acceptors (Lipinski definition) is 3. The number of nitrogens with one attached hydrogen (secondary N) is 1. The minimum Gasteiger partial charge on any atom is -0.371 e. The molecule has 0 radical (unpaired) electrons. The highest BCUT2D eigenvalue weighted by atomic mass is 16.1. The summed E-state index contributed by atoms with van der Waals surface area (Å²) in [6.45, 7) is 1.94. The highest BCUT2D eigenvalue weighted by molar-refractivity contribution is 5.77. The molecular formula is C20H25N3O. The maximum Gasteiger partial charge on any atom is 0.222 e. The van der Waals surface area contributed by atoms with E-state index in [1.54, 1.807) is 0 Å². The molecule has 3 rings (SSSR count). The second kappa shape index (κ2) is 7.97. The summed E-state index contributed by atoms with van der Waals surface area (Å²) < 4.78 is 0. The number of nitrogens with zero attached hydrogens (tertiary/aromatic N) is 1. The van der Waals surface area contributed by atoms with Crippen molar-refractivity contribution in [2.75, 3.05) is 18.0 Å². The zero-order chi connectivity index (χ0) is 16.8. The fraction of sp³-hybridized carbons (Fsp3) is 0.350. The molecule has 1 saturated heterocycles. The van der Waals surface area contributed by atoms with Crippen LogP contribution in [0.4, 0.5) is 5.69 Å². The fourth-order valence-corrected chi connectivity index (χ4v) is 3.23. The first-order valence-corrected chi connectivity index (χ1v) is 8.62. The minimum atomic E-state index is -0.240. The van der Waals surface area contributed by atoms with Gasteiger partial charge in [-0.25, -0.2) is 0 Å². The van der Waals surface area contributed by atoms with E-state index >= 15 is 0 Å². The molecule has 1 unspecified atom stereocenters. The molecular weight excluding hydrogens is 298 g/mol. The van der Waals surface area contributed by atoms with Crippen molar-refractivity contribution in [2.45, 2.75) is 31.3 Å². The maximum absolute atomic E-state index is 12.2. The van der Waals surface area contributed by atoms with Crippen LogP contribution in [0, 0.1) is 0 Å². The van der Waals surface area contributed by atoms with Crippen LogP contribution in [-0.4, -0.2) is 25.0 Å². The van der Waals surface area contributed by atoms with Crippen molar-refractivity contribution >= 4 is 11.6 Å². The molecule has 1 atom stereocenters. The van der Waals surface area contributed by atoms with Crippen molar-refractivity contribution in [2.24, 2.45) is 5.73 Å². The molecule has 1 amide bonds. The zero-order valence-corrected chi connectivity index (χ0v) is 13.9. The molecule has 24 heavy (non-hydrogen) atoms. The predicted molar refractivity (Wildman–Crippen MR) is 97.8 cm³/mol. The Morgan fingerprint density at radius 2 is 1.62 bits per heavy atom. The molecule has 126 valence electrons. The highest BCUT2D eigenvalue weighted by Crippen LogP contribution is 2.20. The smallest absolute Gasteiger partial charge is 0.222 e. The van der Waals surface area contributed by atoms with Crippen molar-refractivity contribution in [1.29, 1.82) is 0 Å². The van der Waals surface area contributed by atoms with Crippen LogP contribution in [0.1, 0.15) is 30.9 Å². The molecule has 1 aliphatic heterocycles. The van der Waals surface area contributed by atoms with E-state index in [0.29, 0.717) is 6.42 Å². The van der Waals surface area contributed by atoms with Gasteiger partial charge in [-0.2, -0.15) is 0 Å². The third-order valence-corrected chi connectivity index (χ3v) is 4.61. The summed E-state index contributed by atoms with van der Waals surface area (Å²) in [7, 11) is 0. The Kier molecular flexibility index (Phi) is 5.49. The lowest BCUT2D eigenvalue weighted by molar-refractivity contribution is -0.122. The lowest BCUT2D eigenvalue weighted by Crippen LogP contribution is -2.45. The van der Waals surface area contributed by atoms with Crippen LogP contribution in [0.2, 0.25) is 0 Å². The fourth-order valence-electron chi connectivity index (χ4n) is 3.23. The van der Waals surface area contributed by atoms with Gasteiger partial charge in [0.05, 0.1) is 0 Å². The molecule has 0 aromatic heterocycles. The molecule has 2 aromatic rings. The largest absolute Gasteiger partial charge is 0.371 e. The van der Waals surface area contributed by atoms with Gasteiger partial charge in [0, 0.05) is 37.3 Å². The van der Waals surface area contributed by atoms with E-state index in [1.165, 1.54) is 5.69 Å². The molecule has 4 nitrogen and oxygen atoms in total. The average Bonchev–Trinajstić information content (AvgIpc) is 2.64. The summed E-state index contributed by atoms with van der Waals surface area (Å²) in [6, 6.07) is 20.2. The summed E-state index contributed by atoms with van der Waals surface area (Å²) in [5.41, 5.74) is 8.39. The van der Waals surface area contributed by atoms with E-state index in [0.717, 1.165) is 31.5 Å². The summed E-state index contributed by atoms with van der Waals surface area (Å²) in [6.07, 6.45) is 2.28. The molecule has 0 aliphatic carbocycles. The molecule has 1 fully saturated rings. The first-order valence-electron chi connectivity index (χ1n) is 8.62. The van der Waals surface area contributed by atoms with Gasteiger partial charge in [-0.1, -0.05) is 48.5 Å². The standard InChI is InChI=1S/C20H25N3O/c21-19(16-7-3-1-4-8-16)15-20(24)22-17-11-13-23(14-12-17)18-9-5-2-6-10-18/h1-10,17,19H,11-15,21H2,(H,22,24). The summed E-state index contributed by atoms with van der Waals surface area (Å²) >= 11 is 0. The maximum atomic E-state index is 12.2. The topological polar surface area (TPSA) is 58.4 Å². The number of piperidine rings is 1. The number of carbonyl (C=O) groups is 1. The normalized spacial score (nSPS) is 16.6. The molecule has 3 N–H and O–H groups in total. The van der Waals surface area contributed by atoms with Crippen LogP contribution >= 0.6 is 0 Å². The van der Waals surface area contributed by atoms with Gasteiger partial charge in [-0.05, 0) is 30.5 Å². The summed E-state index contributed by atoms with van der Waals surface area (Å²) in [5, 5.41) is 3.15. The monoisotopic (exact) mass is 323 g/mol. The average molecular weight is 323 g/mol. The summed E-state index contributed by atoms with van der Waals surface area (Å²) in [4.78, 5) is 14.6. The van der Waals surface area contributed by atoms with E-state index < -0.39 is 0 Å². The van der Waals surface area contributed by atoms with Gasteiger partial charge in [-0.15, -0.1) is 0 Å². The molecule has 1 aliphatic rings. The van der Waals surface area contributed by atoms with Crippen molar-refractivity contribution in [1.82, 2.24) is 5.32 Å². The highest BCUT2D eigenvalue weighted by Gasteiger charge is 2.21. The molecule has 2 aromatic carbocycles. The Morgan fingerprint density at radius 1 is 1.04 bits per heavy atom. The first kappa shape index (κ1) is 16.5. The second-order valence-corrected chi connectivity index (χ2v) is 6.39. The van der Waals surface area contributed by atoms with Crippen LogP contribution < -0.4 is 16.0 Å². The van der Waals surface area contributed by atoms with Gasteiger partial charge >= 0.3 is 0 Å². The lowest BCUT2D eigenvalue weighted by Gasteiger charge is -2.34. The number of amides is 1. The summed E-state index contributed by atoms with van der Waals surface area (Å²) in [5.74, 6) is 0.0458. The Hall–Kier alpha value is -2.33. The van der Waals surface area contributed by atoms with Crippen LogP contribution in [-0.2, 0) is 4.79 Å². The van der Waals surface area contributed by atoms with Crippen LogP contribution in [0.15, 0.2) is 60.7 Å². The van der Waals surface area contributed by atoms with Gasteiger partial charge < -0.3 is 16.0 Å². The van der Waals surface area contributed by atoms with E-state index in [1.807, 2.05) is 36.4 Å². The number of carbonyl (C=O) groups excluding carboxylic acids is 1. The Morgan fingerprint density at radius 3 is 2.25 bits per heavy atom. The van der Waals surface area contributed by atoms with Crippen LogP contribution in [0.5, 0.6) is 0 Å². The molecule has 1 heterocycles. The van der Waals surface area contributed by atoms with E-state index in [9.17, 15) is 4.79 Å². The molecule has 0 bridgehead atoms. The Bertz CT molecular complexity index is 636. The van der Waals surface area contributed by atoms with E-state index in [2.05, 4.69) is 34.5 Å². The molecule has 0 spiro atoms. The zero-order valence-electron chi connectivity index (χ0n) is 13.9. The van der Waals surface area contributed by atoms with Gasteiger partial charge in [0.2, 0.25) is 5.91 Å². The third kappa shape index (κ3) is 4.36. The third-order valence-electron chi connectivity index (χ3n) is 4.61. The quantitative estimate of drug-likeness (QED) is 0.889. The Labute approximate surface area is 143 Å². The van der Waals surface area contributed by atoms with E-state index in [4.69, 9.17) is 5.73 Å². The number of para-hydroxylation sites is 1. The number of benzene rings is 2. The molecule has 0 saturated carbocycles. The molecule has 4 heteroatoms. The van der Waals surface area contributed by atoms with Gasteiger partial charge in [0.25, 0.3) is 0 Å². The predicted octanol–water partition coefficient (Wildman–Crippen LogP) is 2.86. The van der Waals surface area contributed by atoms with Crippen molar-refractivity contribution in [3.05, 3.63) is 66.2 Å². The Balaban J connectivity index is 1.45.